The van der Waals surface area contributed by atoms with Gasteiger partial charge in [0.1, 0.15) is 5.52 Å². The van der Waals surface area contributed by atoms with Gasteiger partial charge in [-0.2, -0.15) is 0 Å². The van der Waals surface area contributed by atoms with Gasteiger partial charge in [-0.05, 0) is 35.9 Å². The highest BCUT2D eigenvalue weighted by Gasteiger charge is 2.16. The second kappa shape index (κ2) is 8.49. The highest BCUT2D eigenvalue weighted by atomic mass is 35.5. The second-order valence-corrected chi connectivity index (χ2v) is 8.45. The van der Waals surface area contributed by atoms with Crippen molar-refractivity contribution in [2.75, 3.05) is 5.75 Å². The van der Waals surface area contributed by atoms with Gasteiger partial charge in [-0.25, -0.2) is 4.98 Å². The number of nitrogens with zero attached hydrogens (tertiary/aromatic N) is 4. The second-order valence-electron chi connectivity index (χ2n) is 7.07. The zero-order chi connectivity index (χ0) is 21.2. The molecule has 5 nitrogen and oxygen atoms in total. The smallest absolute Gasteiger partial charge is 0.211 e. The van der Waals surface area contributed by atoms with E-state index in [4.69, 9.17) is 16.6 Å². The van der Waals surface area contributed by atoms with Crippen molar-refractivity contribution in [3.63, 3.8) is 0 Å². The number of thioether (sulfide) groups is 1. The largest absolute Gasteiger partial charge is 0.319 e. The summed E-state index contributed by atoms with van der Waals surface area (Å²) in [6, 6.07) is 25.2. The Morgan fingerprint density at radius 3 is 2.45 bits per heavy atom. The molecule has 0 aliphatic heterocycles. The number of ketones is 1. The number of halogens is 1. The maximum atomic E-state index is 12.5. The Labute approximate surface area is 188 Å². The predicted octanol–water partition coefficient (Wildman–Crippen LogP) is 5.66. The summed E-state index contributed by atoms with van der Waals surface area (Å²) in [5.74, 6) is 0.225. The Kier molecular flexibility index (Phi) is 5.40. The van der Waals surface area contributed by atoms with Crippen LogP contribution in [0.5, 0.6) is 0 Å². The molecule has 0 amide bonds. The van der Waals surface area contributed by atoms with E-state index in [1.165, 1.54) is 17.3 Å². The van der Waals surface area contributed by atoms with Gasteiger partial charge in [0.2, 0.25) is 5.16 Å². The highest BCUT2D eigenvalue weighted by Crippen LogP contribution is 2.28. The average molecular weight is 445 g/mol. The predicted molar refractivity (Wildman–Crippen MR) is 125 cm³/mol. The number of hydrogen-bond donors (Lipinski definition) is 0. The zero-order valence-corrected chi connectivity index (χ0v) is 18.0. The minimum atomic E-state index is -0.00445. The fourth-order valence-electron chi connectivity index (χ4n) is 3.53. The summed E-state index contributed by atoms with van der Waals surface area (Å²) in [6.45, 7) is 0.678. The van der Waals surface area contributed by atoms with Crippen LogP contribution in [0.1, 0.15) is 15.9 Å². The van der Waals surface area contributed by atoms with E-state index < -0.39 is 0 Å². The molecule has 5 rings (SSSR count). The van der Waals surface area contributed by atoms with Crippen molar-refractivity contribution < 1.29 is 4.79 Å². The number of carbonyl (C=O) groups excluding carboxylic acids is 1. The van der Waals surface area contributed by atoms with E-state index in [1.54, 1.807) is 24.3 Å². The summed E-state index contributed by atoms with van der Waals surface area (Å²) in [5, 5.41) is 10.8. The molecule has 0 aliphatic carbocycles. The van der Waals surface area contributed by atoms with Crippen molar-refractivity contribution in [3.8, 4) is 0 Å². The first kappa shape index (κ1) is 19.7. The zero-order valence-electron chi connectivity index (χ0n) is 16.4. The third kappa shape index (κ3) is 4.04. The summed E-state index contributed by atoms with van der Waals surface area (Å²) < 4.78 is 2.15. The number of fused-ring (bicyclic) bond motifs is 3. The minimum absolute atomic E-state index is 0.00445. The normalized spacial score (nSPS) is 11.3. The third-order valence-corrected chi connectivity index (χ3v) is 6.13. The van der Waals surface area contributed by atoms with Gasteiger partial charge in [0.15, 0.2) is 11.4 Å². The summed E-state index contributed by atoms with van der Waals surface area (Å²) in [4.78, 5) is 17.3. The van der Waals surface area contributed by atoms with Crippen molar-refractivity contribution in [2.45, 2.75) is 11.7 Å². The molecule has 0 spiro atoms. The van der Waals surface area contributed by atoms with Crippen LogP contribution in [0.25, 0.3) is 22.1 Å². The van der Waals surface area contributed by atoms with Crippen LogP contribution in [0.3, 0.4) is 0 Å². The van der Waals surface area contributed by atoms with E-state index in [0.717, 1.165) is 22.1 Å². The fraction of sp³-hybridized carbons (Fsp3) is 0.0833. The lowest BCUT2D eigenvalue weighted by Gasteiger charge is -2.07. The first-order valence-electron chi connectivity index (χ1n) is 9.76. The van der Waals surface area contributed by atoms with Crippen molar-refractivity contribution in [2.24, 2.45) is 0 Å². The molecule has 0 unspecified atom stereocenters. The molecule has 0 N–H and O–H groups in total. The lowest BCUT2D eigenvalue weighted by molar-refractivity contribution is 0.102. The number of para-hydroxylation sites is 1. The molecule has 152 valence electrons. The molecule has 31 heavy (non-hydrogen) atoms. The molecule has 0 atom stereocenters. The van der Waals surface area contributed by atoms with Crippen molar-refractivity contribution in [1.82, 2.24) is 19.7 Å². The number of aromatic nitrogens is 4. The number of benzene rings is 3. The standard InChI is InChI=1S/C24H17ClN4OS/c25-18-12-10-17(11-13-18)21(30)15-31-24-26-23-22(27-28-24)19-8-4-5-9-20(19)29(23)14-16-6-2-1-3-7-16/h1-13H,14-15H2. The third-order valence-electron chi connectivity index (χ3n) is 5.04. The molecule has 0 saturated heterocycles. The van der Waals surface area contributed by atoms with E-state index in [1.807, 2.05) is 36.4 Å². The fourth-order valence-corrected chi connectivity index (χ4v) is 4.33. The van der Waals surface area contributed by atoms with Crippen molar-refractivity contribution in [3.05, 3.63) is 95.0 Å². The van der Waals surface area contributed by atoms with Crippen LogP contribution in [-0.2, 0) is 6.54 Å². The Morgan fingerprint density at radius 2 is 1.65 bits per heavy atom. The first-order valence-corrected chi connectivity index (χ1v) is 11.1. The molecule has 0 bridgehead atoms. The van der Waals surface area contributed by atoms with E-state index >= 15 is 0 Å². The van der Waals surface area contributed by atoms with Crippen LogP contribution >= 0.6 is 23.4 Å². The van der Waals surface area contributed by atoms with Gasteiger partial charge < -0.3 is 4.57 Å². The summed E-state index contributed by atoms with van der Waals surface area (Å²) >= 11 is 7.19. The topological polar surface area (TPSA) is 60.7 Å². The Morgan fingerprint density at radius 1 is 0.903 bits per heavy atom. The monoisotopic (exact) mass is 444 g/mol. The molecule has 2 heterocycles. The maximum absolute atomic E-state index is 12.5. The number of rotatable bonds is 6. The summed E-state index contributed by atoms with van der Waals surface area (Å²) in [7, 11) is 0. The molecule has 0 radical (unpaired) electrons. The summed E-state index contributed by atoms with van der Waals surface area (Å²) in [6.07, 6.45) is 0. The van der Waals surface area contributed by atoms with Crippen LogP contribution in [0.15, 0.2) is 84.0 Å². The van der Waals surface area contributed by atoms with Gasteiger partial charge >= 0.3 is 0 Å². The number of Topliss-reactive ketones (excluding diaryl/α,β-unsaturated/α-hetero) is 1. The molecular formula is C24H17ClN4OS. The lowest BCUT2D eigenvalue weighted by Crippen LogP contribution is -2.05. The molecule has 2 aromatic heterocycles. The quantitative estimate of drug-likeness (QED) is 0.250. The number of carbonyl (C=O) groups is 1. The van der Waals surface area contributed by atoms with E-state index in [-0.39, 0.29) is 11.5 Å². The van der Waals surface area contributed by atoms with Crippen LogP contribution in [0.2, 0.25) is 5.02 Å². The van der Waals surface area contributed by atoms with Gasteiger partial charge in [0.05, 0.1) is 11.3 Å². The molecule has 7 heteroatoms. The van der Waals surface area contributed by atoms with Gasteiger partial charge in [-0.1, -0.05) is 71.9 Å². The molecule has 0 aliphatic rings. The van der Waals surface area contributed by atoms with E-state index in [9.17, 15) is 4.79 Å². The van der Waals surface area contributed by atoms with Gasteiger partial charge in [0, 0.05) is 22.5 Å². The van der Waals surface area contributed by atoms with Crippen molar-refractivity contribution in [1.29, 1.82) is 0 Å². The number of hydrogen-bond acceptors (Lipinski definition) is 5. The van der Waals surface area contributed by atoms with Crippen molar-refractivity contribution >= 4 is 51.2 Å². The first-order chi connectivity index (χ1) is 15.2. The molecular weight excluding hydrogens is 428 g/mol. The summed E-state index contributed by atoms with van der Waals surface area (Å²) in [5.41, 5.74) is 4.38. The average Bonchev–Trinajstić information content (AvgIpc) is 3.12. The van der Waals surface area contributed by atoms with Gasteiger partial charge in [-0.3, -0.25) is 4.79 Å². The van der Waals surface area contributed by atoms with Gasteiger partial charge in [-0.15, -0.1) is 10.2 Å². The minimum Gasteiger partial charge on any atom is -0.319 e. The van der Waals surface area contributed by atoms with Gasteiger partial charge in [0.25, 0.3) is 0 Å². The van der Waals surface area contributed by atoms with Crippen LogP contribution in [-0.4, -0.2) is 31.3 Å². The molecule has 0 fully saturated rings. The Bertz CT molecular complexity index is 1380. The molecule has 0 saturated carbocycles. The van der Waals surface area contributed by atoms with E-state index in [2.05, 4.69) is 33.0 Å². The van der Waals surface area contributed by atoms with Crippen LogP contribution < -0.4 is 0 Å². The van der Waals surface area contributed by atoms with Crippen LogP contribution in [0, 0.1) is 0 Å². The molecule has 3 aromatic carbocycles. The molecule has 5 aromatic rings. The lowest BCUT2D eigenvalue weighted by atomic mass is 10.1. The SMILES string of the molecule is O=C(CSc1nnc2c3ccccc3n(Cc3ccccc3)c2n1)c1ccc(Cl)cc1. The van der Waals surface area contributed by atoms with E-state index in [0.29, 0.717) is 22.3 Å². The Balaban J connectivity index is 1.48. The van der Waals surface area contributed by atoms with Crippen LogP contribution in [0.4, 0.5) is 0 Å². The maximum Gasteiger partial charge on any atom is 0.211 e. The highest BCUT2D eigenvalue weighted by molar-refractivity contribution is 7.99. The Hall–Kier alpha value is -3.22.